The number of hydrogen-bond acceptors (Lipinski definition) is 2. The Morgan fingerprint density at radius 2 is 1.72 bits per heavy atom. The van der Waals surface area contributed by atoms with Gasteiger partial charge in [-0.15, -0.1) is 0 Å². The molecule has 3 heteroatoms. The maximum atomic E-state index is 12.8. The van der Waals surface area contributed by atoms with Gasteiger partial charge in [0.1, 0.15) is 5.82 Å². The van der Waals surface area contributed by atoms with Crippen molar-refractivity contribution in [1.29, 1.82) is 0 Å². The van der Waals surface area contributed by atoms with Gasteiger partial charge in [-0.3, -0.25) is 0 Å². The van der Waals surface area contributed by atoms with E-state index in [1.54, 1.807) is 12.1 Å². The second-order valence-electron chi connectivity index (χ2n) is 5.10. The van der Waals surface area contributed by atoms with Crippen LogP contribution in [0.15, 0.2) is 24.3 Å². The third kappa shape index (κ3) is 4.07. The average Bonchev–Trinajstić information content (AvgIpc) is 2.65. The molecular formula is C15H22FNO. The van der Waals surface area contributed by atoms with E-state index in [-0.39, 0.29) is 11.9 Å². The van der Waals surface area contributed by atoms with E-state index in [1.807, 2.05) is 0 Å². The molecule has 100 valence electrons. The first-order valence-electron chi connectivity index (χ1n) is 6.88. The van der Waals surface area contributed by atoms with Gasteiger partial charge in [0.2, 0.25) is 0 Å². The monoisotopic (exact) mass is 251 g/mol. The molecule has 2 nitrogen and oxygen atoms in total. The zero-order valence-electron chi connectivity index (χ0n) is 10.8. The summed E-state index contributed by atoms with van der Waals surface area (Å²) >= 11 is 0. The largest absolute Gasteiger partial charge is 0.376 e. The first-order chi connectivity index (χ1) is 8.75. The smallest absolute Gasteiger partial charge is 0.123 e. The zero-order valence-corrected chi connectivity index (χ0v) is 10.8. The summed E-state index contributed by atoms with van der Waals surface area (Å²) in [4.78, 5) is 0. The summed E-state index contributed by atoms with van der Waals surface area (Å²) < 4.78 is 18.7. The average molecular weight is 251 g/mol. The first-order valence-corrected chi connectivity index (χ1v) is 6.88. The molecule has 0 aromatic heterocycles. The fourth-order valence-electron chi connectivity index (χ4n) is 2.45. The lowest BCUT2D eigenvalue weighted by Gasteiger charge is -2.19. The first kappa shape index (κ1) is 13.5. The Labute approximate surface area is 108 Å². The molecule has 2 N–H and O–H groups in total. The van der Waals surface area contributed by atoms with Crippen molar-refractivity contribution >= 4 is 0 Å². The summed E-state index contributed by atoms with van der Waals surface area (Å²) in [7, 11) is 0. The summed E-state index contributed by atoms with van der Waals surface area (Å²) in [6.07, 6.45) is 7.83. The van der Waals surface area contributed by atoms with Crippen LogP contribution in [-0.2, 0) is 4.74 Å². The fourth-order valence-corrected chi connectivity index (χ4v) is 2.45. The minimum Gasteiger partial charge on any atom is -0.376 e. The Morgan fingerprint density at radius 3 is 2.33 bits per heavy atom. The minimum absolute atomic E-state index is 0.158. The van der Waals surface area contributed by atoms with E-state index in [4.69, 9.17) is 10.5 Å². The van der Waals surface area contributed by atoms with E-state index in [0.29, 0.717) is 12.7 Å². The van der Waals surface area contributed by atoms with Gasteiger partial charge < -0.3 is 10.5 Å². The number of nitrogens with two attached hydrogens (primary N) is 1. The van der Waals surface area contributed by atoms with Gasteiger partial charge in [0.25, 0.3) is 0 Å². The van der Waals surface area contributed by atoms with Crippen molar-refractivity contribution in [2.45, 2.75) is 50.7 Å². The Morgan fingerprint density at radius 1 is 1.11 bits per heavy atom. The normalized spacial score (nSPS) is 19.4. The van der Waals surface area contributed by atoms with Crippen LogP contribution in [0.3, 0.4) is 0 Å². The summed E-state index contributed by atoms with van der Waals surface area (Å²) in [6.45, 7) is 0.524. The SMILES string of the molecule is NC(COC1CCCCCC1)c1ccc(F)cc1. The highest BCUT2D eigenvalue weighted by atomic mass is 19.1. The zero-order chi connectivity index (χ0) is 12.8. The summed E-state index contributed by atoms with van der Waals surface area (Å²) in [5.74, 6) is -0.226. The molecule has 0 saturated heterocycles. The second kappa shape index (κ2) is 6.86. The van der Waals surface area contributed by atoms with Gasteiger partial charge in [-0.05, 0) is 30.5 Å². The summed E-state index contributed by atoms with van der Waals surface area (Å²) in [5.41, 5.74) is 6.99. The van der Waals surface area contributed by atoms with Gasteiger partial charge in [0, 0.05) is 0 Å². The molecule has 2 rings (SSSR count). The van der Waals surface area contributed by atoms with Crippen molar-refractivity contribution < 1.29 is 9.13 Å². The van der Waals surface area contributed by atoms with Crippen LogP contribution >= 0.6 is 0 Å². The maximum Gasteiger partial charge on any atom is 0.123 e. The Bertz CT molecular complexity index is 344. The molecule has 1 aromatic carbocycles. The highest BCUT2D eigenvalue weighted by Crippen LogP contribution is 2.21. The van der Waals surface area contributed by atoms with Crippen LogP contribution < -0.4 is 5.73 Å². The molecule has 0 aliphatic heterocycles. The van der Waals surface area contributed by atoms with Crippen LogP contribution in [0.1, 0.15) is 50.1 Å². The molecule has 1 saturated carbocycles. The lowest BCUT2D eigenvalue weighted by atomic mass is 10.1. The van der Waals surface area contributed by atoms with Gasteiger partial charge in [0.15, 0.2) is 0 Å². The molecule has 0 spiro atoms. The van der Waals surface area contributed by atoms with E-state index >= 15 is 0 Å². The van der Waals surface area contributed by atoms with E-state index < -0.39 is 0 Å². The predicted molar refractivity (Wildman–Crippen MR) is 70.8 cm³/mol. The van der Waals surface area contributed by atoms with Crippen molar-refractivity contribution in [3.05, 3.63) is 35.6 Å². The topological polar surface area (TPSA) is 35.2 Å². The molecule has 1 fully saturated rings. The van der Waals surface area contributed by atoms with E-state index in [1.165, 1.54) is 37.8 Å². The highest BCUT2D eigenvalue weighted by molar-refractivity contribution is 5.19. The number of halogens is 1. The molecular weight excluding hydrogens is 229 g/mol. The molecule has 1 aromatic rings. The van der Waals surface area contributed by atoms with Crippen molar-refractivity contribution in [2.75, 3.05) is 6.61 Å². The van der Waals surface area contributed by atoms with Gasteiger partial charge >= 0.3 is 0 Å². The number of benzene rings is 1. The minimum atomic E-state index is -0.226. The van der Waals surface area contributed by atoms with Crippen molar-refractivity contribution in [3.8, 4) is 0 Å². The maximum absolute atomic E-state index is 12.8. The van der Waals surface area contributed by atoms with Gasteiger partial charge in [-0.1, -0.05) is 37.8 Å². The van der Waals surface area contributed by atoms with Gasteiger partial charge in [0.05, 0.1) is 18.8 Å². The molecule has 0 radical (unpaired) electrons. The van der Waals surface area contributed by atoms with Crippen LogP contribution in [-0.4, -0.2) is 12.7 Å². The molecule has 1 aliphatic rings. The predicted octanol–water partition coefficient (Wildman–Crippen LogP) is 3.56. The number of ether oxygens (including phenoxy) is 1. The van der Waals surface area contributed by atoms with Gasteiger partial charge in [-0.25, -0.2) is 4.39 Å². The molecule has 1 unspecified atom stereocenters. The molecule has 0 bridgehead atoms. The highest BCUT2D eigenvalue weighted by Gasteiger charge is 2.14. The van der Waals surface area contributed by atoms with Gasteiger partial charge in [-0.2, -0.15) is 0 Å². The van der Waals surface area contributed by atoms with E-state index in [2.05, 4.69) is 0 Å². The van der Waals surface area contributed by atoms with Crippen LogP contribution in [0, 0.1) is 5.82 Å². The van der Waals surface area contributed by atoms with Crippen molar-refractivity contribution in [1.82, 2.24) is 0 Å². The summed E-state index contributed by atoms with van der Waals surface area (Å²) in [5, 5.41) is 0. The van der Waals surface area contributed by atoms with Crippen LogP contribution in [0.25, 0.3) is 0 Å². The van der Waals surface area contributed by atoms with Crippen molar-refractivity contribution in [2.24, 2.45) is 5.73 Å². The Balaban J connectivity index is 1.80. The summed E-state index contributed by atoms with van der Waals surface area (Å²) in [6, 6.07) is 6.20. The lowest BCUT2D eigenvalue weighted by Crippen LogP contribution is -2.22. The molecule has 0 heterocycles. The van der Waals surface area contributed by atoms with Crippen molar-refractivity contribution in [3.63, 3.8) is 0 Å². The number of rotatable bonds is 4. The van der Waals surface area contributed by atoms with Crippen LogP contribution in [0.5, 0.6) is 0 Å². The second-order valence-corrected chi connectivity index (χ2v) is 5.10. The van der Waals surface area contributed by atoms with Crippen LogP contribution in [0.2, 0.25) is 0 Å². The third-order valence-electron chi connectivity index (χ3n) is 3.61. The molecule has 0 amide bonds. The fraction of sp³-hybridized carbons (Fsp3) is 0.600. The van der Waals surface area contributed by atoms with E-state index in [0.717, 1.165) is 18.4 Å². The third-order valence-corrected chi connectivity index (χ3v) is 3.61. The lowest BCUT2D eigenvalue weighted by molar-refractivity contribution is 0.0345. The molecule has 1 atom stereocenters. The Kier molecular flexibility index (Phi) is 5.14. The Hall–Kier alpha value is -0.930. The van der Waals surface area contributed by atoms with Crippen LogP contribution in [0.4, 0.5) is 4.39 Å². The van der Waals surface area contributed by atoms with E-state index in [9.17, 15) is 4.39 Å². The molecule has 1 aliphatic carbocycles. The number of hydrogen-bond donors (Lipinski definition) is 1. The molecule has 18 heavy (non-hydrogen) atoms. The quantitative estimate of drug-likeness (QED) is 0.830. The standard InChI is InChI=1S/C15H22FNO/c16-13-9-7-12(8-10-13)15(17)11-18-14-5-3-1-2-4-6-14/h7-10,14-15H,1-6,11,17H2.